The molecule has 376 valence electrons. The number of aryl methyl sites for hydroxylation is 4. The smallest absolute Gasteiger partial charge is 0.00927 e. The largest absolute Gasteiger partial charge is 0.303 e. The monoisotopic (exact) mass is 1020 g/mol. The summed E-state index contributed by atoms with van der Waals surface area (Å²) < 4.78 is 0. The van der Waals surface area contributed by atoms with Gasteiger partial charge in [0.25, 0.3) is 0 Å². The van der Waals surface area contributed by atoms with Crippen molar-refractivity contribution in [2.24, 2.45) is 5.92 Å². The second kappa shape index (κ2) is 26.3. The molecule has 71 heavy (non-hydrogen) atoms. The van der Waals surface area contributed by atoms with Crippen LogP contribution in [-0.2, 0) is 0 Å². The topological polar surface area (TPSA) is 3.24 Å². The molecule has 3 aliphatic rings. The van der Waals surface area contributed by atoms with Crippen molar-refractivity contribution in [3.05, 3.63) is 168 Å². The lowest BCUT2D eigenvalue weighted by Gasteiger charge is -2.30. The van der Waals surface area contributed by atoms with Gasteiger partial charge in [-0.3, -0.25) is 0 Å². The van der Waals surface area contributed by atoms with E-state index in [0.29, 0.717) is 0 Å². The molecule has 0 radical (unpaired) electrons. The molecule has 0 spiro atoms. The Kier molecular flexibility index (Phi) is 20.5. The first-order valence-electron chi connectivity index (χ1n) is 27.0. The Bertz CT molecular complexity index is 2600. The summed E-state index contributed by atoms with van der Waals surface area (Å²) >= 11 is 0. The predicted molar refractivity (Wildman–Crippen MR) is 330 cm³/mol. The molecule has 0 amide bonds. The van der Waals surface area contributed by atoms with Gasteiger partial charge in [0, 0.05) is 12.6 Å². The van der Waals surface area contributed by atoms with Gasteiger partial charge in [-0.05, 0) is 204 Å². The quantitative estimate of drug-likeness (QED) is 0.130. The fraction of sp³-hybridized carbons (Fsp3) is 0.424. The molecule has 3 saturated heterocycles. The van der Waals surface area contributed by atoms with Gasteiger partial charge in [0.05, 0.1) is 0 Å². The molecule has 5 heteroatoms. The number of benzene rings is 7. The Morgan fingerprint density at radius 2 is 0.831 bits per heavy atom. The average molecular weight is 1020 g/mol. The summed E-state index contributed by atoms with van der Waals surface area (Å²) in [6.07, 6.45) is 11.2. The molecule has 0 aromatic heterocycles. The van der Waals surface area contributed by atoms with Crippen molar-refractivity contribution in [2.45, 2.75) is 136 Å². The van der Waals surface area contributed by atoms with Crippen LogP contribution < -0.4 is 21.2 Å². The number of hydrogen-bond acceptors (Lipinski definition) is 1. The molecule has 1 unspecified atom stereocenters. The van der Waals surface area contributed by atoms with Gasteiger partial charge in [-0.1, -0.05) is 219 Å². The van der Waals surface area contributed by atoms with Gasteiger partial charge in [0.1, 0.15) is 0 Å². The van der Waals surface area contributed by atoms with Gasteiger partial charge in [0.2, 0.25) is 0 Å². The molecule has 7 aromatic rings. The number of rotatable bonds is 9. The highest BCUT2D eigenvalue weighted by atomic mass is 31.1. The summed E-state index contributed by atoms with van der Waals surface area (Å²) in [4.78, 5) is 2.48. The summed E-state index contributed by atoms with van der Waals surface area (Å²) in [6.45, 7) is 29.7. The van der Waals surface area contributed by atoms with Crippen molar-refractivity contribution in [3.63, 3.8) is 0 Å². The molecule has 0 saturated carbocycles. The third kappa shape index (κ3) is 13.7. The highest BCUT2D eigenvalue weighted by Gasteiger charge is 2.37. The molecular weight excluding hydrogens is 931 g/mol. The van der Waals surface area contributed by atoms with E-state index in [2.05, 4.69) is 240 Å². The van der Waals surface area contributed by atoms with Crippen LogP contribution >= 0.6 is 31.7 Å². The highest BCUT2D eigenvalue weighted by molar-refractivity contribution is 7.73. The van der Waals surface area contributed by atoms with Crippen LogP contribution in [0.2, 0.25) is 0 Å². The van der Waals surface area contributed by atoms with E-state index in [1.54, 1.807) is 21.2 Å². The summed E-state index contributed by atoms with van der Waals surface area (Å²) in [7, 11) is 2.37. The zero-order valence-corrected chi connectivity index (χ0v) is 49.5. The summed E-state index contributed by atoms with van der Waals surface area (Å²) in [5.74, 6) is 0.931. The molecule has 10 rings (SSSR count). The zero-order chi connectivity index (χ0) is 50.8. The third-order valence-electron chi connectivity index (χ3n) is 16.1. The van der Waals surface area contributed by atoms with E-state index in [9.17, 15) is 0 Å². The summed E-state index contributed by atoms with van der Waals surface area (Å²) in [6, 6.07) is 54.4. The molecule has 0 aliphatic carbocycles. The summed E-state index contributed by atoms with van der Waals surface area (Å²) in [5.41, 5.74) is 12.0. The van der Waals surface area contributed by atoms with E-state index >= 15 is 0 Å². The zero-order valence-electron chi connectivity index (χ0n) is 45.9. The van der Waals surface area contributed by atoms with Gasteiger partial charge in [-0.2, -0.15) is 0 Å². The normalized spacial score (nSPS) is 22.3. The van der Waals surface area contributed by atoms with Crippen LogP contribution in [0.5, 0.6) is 0 Å². The number of likely N-dealkylation sites (tertiary alicyclic amines) is 1. The maximum absolute atomic E-state index is 2.50. The fourth-order valence-electron chi connectivity index (χ4n) is 12.0. The van der Waals surface area contributed by atoms with E-state index in [-0.39, 0.29) is 31.7 Å². The number of nitrogens with zero attached hydrogens (tertiary/aromatic N) is 1. The van der Waals surface area contributed by atoms with Crippen LogP contribution in [0.3, 0.4) is 0 Å². The number of fused-ring (bicyclic) bond motifs is 2. The van der Waals surface area contributed by atoms with E-state index in [4.69, 9.17) is 0 Å². The van der Waals surface area contributed by atoms with Gasteiger partial charge >= 0.3 is 0 Å². The van der Waals surface area contributed by atoms with Crippen molar-refractivity contribution in [1.29, 1.82) is 0 Å². The third-order valence-corrected chi connectivity index (χ3v) is 27.8. The standard InChI is InChI=1S/C22H18.C18H28P2.C18H24P2.C8H17N/c1-15-11-13-17-7-3-5-9-19(17)21(15)22-16(2)12-14-18-8-4-6-10-20(18)22;1-13-9-10-14(2)19(13)17-7-5-6-8-18(17)20-15(3)11-12-16(20)4;1-15-9-5-7-11-17(15)19(3)13-14-20(4)18-12-8-6-10-16(18)2;1-4-8-5-7(2)6-9(8)3/h3-14H,1-2H3;5-8,13-16H,9-12H2,1-4H3;5-12H,13-14H2,1-4H3;7-8H,4-6H2,1-3H3/t;13-,14-,15-,16-;19-,20?;7-,8+/m.000/s1. The van der Waals surface area contributed by atoms with Crippen LogP contribution in [0, 0.1) is 33.6 Å². The van der Waals surface area contributed by atoms with E-state index in [0.717, 1.165) is 34.6 Å². The van der Waals surface area contributed by atoms with Gasteiger partial charge in [0.15, 0.2) is 0 Å². The highest BCUT2D eigenvalue weighted by Crippen LogP contribution is 2.59. The van der Waals surface area contributed by atoms with E-state index < -0.39 is 0 Å². The lowest BCUT2D eigenvalue weighted by atomic mass is 9.88. The molecule has 7 aromatic carbocycles. The first-order valence-corrected chi connectivity index (χ1v) is 34.0. The molecule has 0 N–H and O–H groups in total. The maximum atomic E-state index is 2.50. The van der Waals surface area contributed by atoms with Crippen LogP contribution in [0.4, 0.5) is 0 Å². The minimum atomic E-state index is -0.0128. The second-order valence-corrected chi connectivity index (χ2v) is 32.3. The van der Waals surface area contributed by atoms with E-state index in [1.807, 2.05) is 0 Å². The fourth-order valence-corrected chi connectivity index (χ4v) is 24.2. The first kappa shape index (κ1) is 55.5. The lowest BCUT2D eigenvalue weighted by molar-refractivity contribution is 0.302. The molecule has 3 heterocycles. The van der Waals surface area contributed by atoms with Crippen molar-refractivity contribution in [1.82, 2.24) is 4.90 Å². The predicted octanol–water partition coefficient (Wildman–Crippen LogP) is 17.5. The van der Waals surface area contributed by atoms with Crippen molar-refractivity contribution < 1.29 is 0 Å². The van der Waals surface area contributed by atoms with Crippen molar-refractivity contribution >= 4 is 74.4 Å². The Labute approximate surface area is 437 Å². The minimum Gasteiger partial charge on any atom is -0.303 e. The first-order chi connectivity index (χ1) is 34.2. The van der Waals surface area contributed by atoms with Gasteiger partial charge in [-0.15, -0.1) is 0 Å². The molecule has 0 bridgehead atoms. The Morgan fingerprint density at radius 1 is 0.465 bits per heavy atom. The second-order valence-electron chi connectivity index (χ2n) is 21.6. The molecule has 3 fully saturated rings. The molecule has 8 atom stereocenters. The lowest BCUT2D eigenvalue weighted by Crippen LogP contribution is -2.28. The Morgan fingerprint density at radius 3 is 1.18 bits per heavy atom. The summed E-state index contributed by atoms with van der Waals surface area (Å²) in [5, 5.41) is 12.0. The van der Waals surface area contributed by atoms with Gasteiger partial charge < -0.3 is 4.90 Å². The SMILES string of the molecule is CC[C@@H]1C[C@H](C)CN1C.C[C@H]1CC[C@H](C)P1c1ccccc1P1[C@@H](C)CC[C@@H]1C.Cc1ccc2ccccc2c1-c1c(C)ccc2ccccc12.Cc1ccccc1P(C)CC[P@](C)c1ccccc1C. The molecular formula is C66H87NP4. The Balaban J connectivity index is 0.000000144. The van der Waals surface area contributed by atoms with Gasteiger partial charge in [-0.25, -0.2) is 0 Å². The molecule has 3 aliphatic heterocycles. The van der Waals surface area contributed by atoms with Crippen LogP contribution in [-0.4, -0.2) is 72.8 Å². The van der Waals surface area contributed by atoms with Crippen LogP contribution in [0.15, 0.2) is 146 Å². The molecule has 1 nitrogen and oxygen atoms in total. The van der Waals surface area contributed by atoms with Crippen molar-refractivity contribution in [2.75, 3.05) is 39.2 Å². The number of hydrogen-bond donors (Lipinski definition) is 0. The van der Waals surface area contributed by atoms with Crippen LogP contribution in [0.25, 0.3) is 32.7 Å². The van der Waals surface area contributed by atoms with Crippen molar-refractivity contribution in [3.8, 4) is 11.1 Å². The van der Waals surface area contributed by atoms with Crippen LogP contribution in [0.1, 0.15) is 102 Å². The maximum Gasteiger partial charge on any atom is 0.00927 e. The average Bonchev–Trinajstić information content (AvgIpc) is 4.02. The Hall–Kier alpha value is -3.26. The van der Waals surface area contributed by atoms with E-state index in [1.165, 1.54) is 112 Å². The minimum absolute atomic E-state index is 0.0128.